The van der Waals surface area contributed by atoms with Gasteiger partial charge in [-0.15, -0.1) is 0 Å². The van der Waals surface area contributed by atoms with Gasteiger partial charge in [0.25, 0.3) is 0 Å². The number of aromatic amines is 1. The Kier molecular flexibility index (Phi) is 4.31. The van der Waals surface area contributed by atoms with Gasteiger partial charge in [0.05, 0.1) is 5.69 Å². The van der Waals surface area contributed by atoms with Gasteiger partial charge < -0.3 is 5.32 Å². The smallest absolute Gasteiger partial charge is 0.314 e. The molecule has 2 aromatic heterocycles. The lowest BCUT2D eigenvalue weighted by Crippen LogP contribution is -2.32. The van der Waals surface area contributed by atoms with Crippen LogP contribution in [0.2, 0.25) is 0 Å². The van der Waals surface area contributed by atoms with Crippen molar-refractivity contribution in [2.24, 2.45) is 5.92 Å². The van der Waals surface area contributed by atoms with Crippen LogP contribution >= 0.6 is 0 Å². The Morgan fingerprint density at radius 3 is 2.89 bits per heavy atom. The fourth-order valence-corrected chi connectivity index (χ4v) is 2.30. The van der Waals surface area contributed by atoms with Crippen LogP contribution in [0.3, 0.4) is 0 Å². The van der Waals surface area contributed by atoms with Gasteiger partial charge in [-0.2, -0.15) is 14.7 Å². The monoisotopic (exact) mass is 263 g/mol. The molecule has 104 valence electrons. The van der Waals surface area contributed by atoms with Crippen molar-refractivity contribution in [1.29, 1.82) is 0 Å². The number of nitrogens with one attached hydrogen (secondary N) is 2. The molecule has 6 heteroatoms. The lowest BCUT2D eigenvalue weighted by atomic mass is 9.99. The molecule has 2 N–H and O–H groups in total. The topological polar surface area (TPSA) is 75.1 Å². The maximum Gasteiger partial charge on any atom is 0.364 e. The number of nitrogens with zero attached hydrogens (tertiary/aromatic N) is 3. The molecule has 2 aromatic rings. The first kappa shape index (κ1) is 13.7. The molecule has 2 rings (SSSR count). The van der Waals surface area contributed by atoms with Crippen LogP contribution in [0.4, 0.5) is 0 Å². The molecule has 0 aliphatic rings. The van der Waals surface area contributed by atoms with Gasteiger partial charge in [-0.25, -0.2) is 9.89 Å². The van der Waals surface area contributed by atoms with E-state index in [4.69, 9.17) is 0 Å². The Balaban J connectivity index is 2.18. The molecule has 0 fully saturated rings. The highest BCUT2D eigenvalue weighted by Crippen LogP contribution is 2.10. The molecule has 1 unspecified atom stereocenters. The standard InChI is InChI=1S/C13H21N5O/c1-4-14-11(7-9(2)3)8-10-5-6-12-15-16-13(19)18(12)17-10/h5-6,9,11,14H,4,7-8H2,1-3H3,(H,16,19). The van der Waals surface area contributed by atoms with Crippen molar-refractivity contribution >= 4 is 5.65 Å². The molecule has 0 saturated heterocycles. The Hall–Kier alpha value is -1.69. The van der Waals surface area contributed by atoms with Gasteiger partial charge in [-0.1, -0.05) is 20.8 Å². The van der Waals surface area contributed by atoms with Crippen molar-refractivity contribution in [1.82, 2.24) is 25.1 Å². The number of fused-ring (bicyclic) bond motifs is 1. The van der Waals surface area contributed by atoms with Crippen molar-refractivity contribution in [3.8, 4) is 0 Å². The van der Waals surface area contributed by atoms with Gasteiger partial charge in [0, 0.05) is 12.5 Å². The molecular weight excluding hydrogens is 242 g/mol. The van der Waals surface area contributed by atoms with E-state index >= 15 is 0 Å². The second-order valence-corrected chi connectivity index (χ2v) is 5.21. The van der Waals surface area contributed by atoms with Gasteiger partial charge in [0.1, 0.15) is 0 Å². The first-order chi connectivity index (χ1) is 9.10. The first-order valence-electron chi connectivity index (χ1n) is 6.77. The summed E-state index contributed by atoms with van der Waals surface area (Å²) in [5.74, 6) is 0.629. The fourth-order valence-electron chi connectivity index (χ4n) is 2.30. The number of aromatic nitrogens is 4. The number of hydrogen-bond donors (Lipinski definition) is 2. The minimum Gasteiger partial charge on any atom is -0.314 e. The van der Waals surface area contributed by atoms with E-state index in [0.717, 1.165) is 25.1 Å². The van der Waals surface area contributed by atoms with Crippen molar-refractivity contribution in [2.75, 3.05) is 6.54 Å². The minimum atomic E-state index is -0.291. The quantitative estimate of drug-likeness (QED) is 0.815. The second kappa shape index (κ2) is 5.97. The zero-order valence-electron chi connectivity index (χ0n) is 11.7. The summed E-state index contributed by atoms with van der Waals surface area (Å²) in [4.78, 5) is 11.5. The number of H-pyrrole nitrogens is 1. The van der Waals surface area contributed by atoms with Gasteiger partial charge in [-0.05, 0) is 31.0 Å². The number of likely N-dealkylation sites (N-methyl/N-ethyl adjacent to an activating group) is 1. The molecule has 2 heterocycles. The lowest BCUT2D eigenvalue weighted by molar-refractivity contribution is 0.419. The van der Waals surface area contributed by atoms with E-state index in [1.807, 2.05) is 12.1 Å². The minimum absolute atomic E-state index is 0.291. The summed E-state index contributed by atoms with van der Waals surface area (Å²) in [6, 6.07) is 4.14. The summed E-state index contributed by atoms with van der Waals surface area (Å²) in [6.45, 7) is 7.46. The van der Waals surface area contributed by atoms with E-state index in [1.165, 1.54) is 4.52 Å². The molecule has 1 atom stereocenters. The molecule has 0 bridgehead atoms. The molecule has 0 radical (unpaired) electrons. The second-order valence-electron chi connectivity index (χ2n) is 5.21. The lowest BCUT2D eigenvalue weighted by Gasteiger charge is -2.19. The maximum absolute atomic E-state index is 11.5. The van der Waals surface area contributed by atoms with Crippen molar-refractivity contribution < 1.29 is 0 Å². The van der Waals surface area contributed by atoms with E-state index in [2.05, 4.69) is 41.4 Å². The molecule has 0 aliphatic carbocycles. The summed E-state index contributed by atoms with van der Waals surface area (Å²) in [7, 11) is 0. The third-order valence-electron chi connectivity index (χ3n) is 3.03. The van der Waals surface area contributed by atoms with Crippen LogP contribution in [-0.2, 0) is 6.42 Å². The molecule has 19 heavy (non-hydrogen) atoms. The molecular formula is C13H21N5O. The van der Waals surface area contributed by atoms with Gasteiger partial charge in [0.2, 0.25) is 0 Å². The highest BCUT2D eigenvalue weighted by molar-refractivity contribution is 5.34. The highest BCUT2D eigenvalue weighted by atomic mass is 16.2. The Morgan fingerprint density at radius 1 is 1.42 bits per heavy atom. The zero-order chi connectivity index (χ0) is 13.8. The molecule has 0 aromatic carbocycles. The van der Waals surface area contributed by atoms with Crippen LogP contribution in [0.25, 0.3) is 5.65 Å². The van der Waals surface area contributed by atoms with Crippen LogP contribution in [-0.4, -0.2) is 32.4 Å². The average molecular weight is 263 g/mol. The average Bonchev–Trinajstić information content (AvgIpc) is 2.71. The first-order valence-corrected chi connectivity index (χ1v) is 6.77. The largest absolute Gasteiger partial charge is 0.364 e. The maximum atomic E-state index is 11.5. The predicted molar refractivity (Wildman–Crippen MR) is 74.2 cm³/mol. The number of hydrogen-bond acceptors (Lipinski definition) is 4. The van der Waals surface area contributed by atoms with E-state index in [0.29, 0.717) is 17.6 Å². The summed E-state index contributed by atoms with van der Waals surface area (Å²) in [5.41, 5.74) is 1.17. The van der Waals surface area contributed by atoms with Crippen LogP contribution in [0.5, 0.6) is 0 Å². The summed E-state index contributed by atoms with van der Waals surface area (Å²) in [5, 5.41) is 14.1. The predicted octanol–water partition coefficient (Wildman–Crippen LogP) is 0.984. The van der Waals surface area contributed by atoms with Crippen molar-refractivity contribution in [3.63, 3.8) is 0 Å². The highest BCUT2D eigenvalue weighted by Gasteiger charge is 2.12. The van der Waals surface area contributed by atoms with Crippen LogP contribution < -0.4 is 11.0 Å². The summed E-state index contributed by atoms with van der Waals surface area (Å²) in [6.07, 6.45) is 1.91. The van der Waals surface area contributed by atoms with E-state index in [9.17, 15) is 4.79 Å². The molecule has 0 aliphatic heterocycles. The normalized spacial score (nSPS) is 13.3. The van der Waals surface area contributed by atoms with E-state index < -0.39 is 0 Å². The fraction of sp³-hybridized carbons (Fsp3) is 0.615. The Morgan fingerprint density at radius 2 is 2.21 bits per heavy atom. The molecule has 0 spiro atoms. The van der Waals surface area contributed by atoms with Crippen molar-refractivity contribution in [2.45, 2.75) is 39.7 Å². The van der Waals surface area contributed by atoms with Crippen LogP contribution in [0.1, 0.15) is 32.9 Å². The van der Waals surface area contributed by atoms with Gasteiger partial charge >= 0.3 is 5.69 Å². The Bertz CT molecular complexity index is 586. The third-order valence-corrected chi connectivity index (χ3v) is 3.03. The van der Waals surface area contributed by atoms with Gasteiger partial charge in [0.15, 0.2) is 5.65 Å². The summed E-state index contributed by atoms with van der Waals surface area (Å²) < 4.78 is 1.31. The van der Waals surface area contributed by atoms with Crippen LogP contribution in [0, 0.1) is 5.92 Å². The SMILES string of the molecule is CCNC(Cc1ccc2n[nH]c(=O)n2n1)CC(C)C. The third kappa shape index (κ3) is 3.41. The van der Waals surface area contributed by atoms with Crippen LogP contribution in [0.15, 0.2) is 16.9 Å². The zero-order valence-corrected chi connectivity index (χ0v) is 11.7. The van der Waals surface area contributed by atoms with Crippen molar-refractivity contribution in [3.05, 3.63) is 28.3 Å². The van der Waals surface area contributed by atoms with Gasteiger partial charge in [-0.3, -0.25) is 0 Å². The summed E-state index contributed by atoms with van der Waals surface area (Å²) >= 11 is 0. The molecule has 0 saturated carbocycles. The number of rotatable bonds is 6. The molecule has 0 amide bonds. The van der Waals surface area contributed by atoms with E-state index in [-0.39, 0.29) is 5.69 Å². The van der Waals surface area contributed by atoms with E-state index in [1.54, 1.807) is 0 Å². The Labute approximate surface area is 112 Å². The molecule has 6 nitrogen and oxygen atoms in total.